The van der Waals surface area contributed by atoms with Gasteiger partial charge in [-0.15, -0.1) is 9.13 Å². The van der Waals surface area contributed by atoms with Gasteiger partial charge in [0.25, 0.3) is 10.0 Å². The zero-order valence-corrected chi connectivity index (χ0v) is 11.8. The summed E-state index contributed by atoms with van der Waals surface area (Å²) < 4.78 is 27.9. The molecule has 0 bridgehead atoms. The number of allylic oxidation sites excluding steroid dienone is 1. The average molecular weight is 351 g/mol. The first-order valence-corrected chi connectivity index (χ1v) is 8.54. The molecule has 0 unspecified atom stereocenters. The molecule has 0 radical (unpaired) electrons. The lowest BCUT2D eigenvalue weighted by atomic mass is 10.3. The molecule has 0 N–H and O–H groups in total. The molecule has 16 heavy (non-hydrogen) atoms. The Kier molecular flexibility index (Phi) is 5.83. The molecule has 0 aliphatic rings. The minimum absolute atomic E-state index is 0.131. The fourth-order valence-electron chi connectivity index (χ4n) is 1.01. The van der Waals surface area contributed by atoms with Crippen LogP contribution >= 0.6 is 21.0 Å². The summed E-state index contributed by atoms with van der Waals surface area (Å²) in [6.45, 7) is 3.56. The quantitative estimate of drug-likeness (QED) is 0.449. The van der Waals surface area contributed by atoms with Gasteiger partial charge >= 0.3 is 0 Å². The Bertz CT molecular complexity index is 454. The first kappa shape index (κ1) is 13.5. The van der Waals surface area contributed by atoms with E-state index in [2.05, 4.69) is 9.13 Å². The van der Waals surface area contributed by atoms with Crippen molar-refractivity contribution in [3.8, 4) is 0 Å². The maximum Gasteiger partial charge on any atom is 0.257 e. The van der Waals surface area contributed by atoms with Gasteiger partial charge in [-0.2, -0.15) is 0 Å². The van der Waals surface area contributed by atoms with Gasteiger partial charge in [0.1, 0.15) is 0 Å². The van der Waals surface area contributed by atoms with E-state index in [0.29, 0.717) is 6.42 Å². The molecule has 0 saturated heterocycles. The van der Waals surface area contributed by atoms with Crippen molar-refractivity contribution in [2.45, 2.75) is 12.8 Å². The molecule has 0 atom stereocenters. The van der Waals surface area contributed by atoms with Crippen LogP contribution in [0.3, 0.4) is 0 Å². The Balaban J connectivity index is 2.59. The Hall–Kier alpha value is -0.560. The SMILES string of the molecule is C=CCCCS(=O)(=O)N=Ic1ccccc1. The summed E-state index contributed by atoms with van der Waals surface area (Å²) in [5.41, 5.74) is 0. The van der Waals surface area contributed by atoms with Gasteiger partial charge in [-0.25, -0.2) is 8.42 Å². The first-order chi connectivity index (χ1) is 7.64. The minimum Gasteiger partial charge on any atom is -0.204 e. The van der Waals surface area contributed by atoms with Crippen LogP contribution in [0.2, 0.25) is 0 Å². The molecule has 0 aliphatic heterocycles. The van der Waals surface area contributed by atoms with Gasteiger partial charge in [0.2, 0.25) is 0 Å². The Morgan fingerprint density at radius 3 is 2.62 bits per heavy atom. The highest BCUT2D eigenvalue weighted by molar-refractivity contribution is 14.2. The fourth-order valence-corrected chi connectivity index (χ4v) is 4.70. The van der Waals surface area contributed by atoms with Gasteiger partial charge in [0.15, 0.2) is 0 Å². The zero-order chi connectivity index (χ0) is 11.9. The standard InChI is InChI=1S/C11H14INO2S/c1-2-3-7-10-16(14,15)13-12-11-8-5-4-6-9-11/h2,4-6,8-9H,1,3,7,10H2. The lowest BCUT2D eigenvalue weighted by molar-refractivity contribution is 0.596. The maximum absolute atomic E-state index is 11.5. The van der Waals surface area contributed by atoms with E-state index in [1.165, 1.54) is 0 Å². The van der Waals surface area contributed by atoms with Crippen LogP contribution in [0.15, 0.2) is 45.5 Å². The van der Waals surface area contributed by atoms with E-state index in [0.717, 1.165) is 9.99 Å². The molecule has 3 nitrogen and oxygen atoms in total. The summed E-state index contributed by atoms with van der Waals surface area (Å²) in [6.07, 6.45) is 3.05. The van der Waals surface area contributed by atoms with Crippen molar-refractivity contribution in [2.75, 3.05) is 5.75 Å². The van der Waals surface area contributed by atoms with Crippen molar-refractivity contribution >= 4 is 31.1 Å². The summed E-state index contributed by atoms with van der Waals surface area (Å²) in [6, 6.07) is 9.53. The lowest BCUT2D eigenvalue weighted by Gasteiger charge is -1.95. The van der Waals surface area contributed by atoms with Crippen LogP contribution in [0.5, 0.6) is 0 Å². The number of hydrogen-bond acceptors (Lipinski definition) is 2. The monoisotopic (exact) mass is 351 g/mol. The van der Waals surface area contributed by atoms with Crippen LogP contribution < -0.4 is 0 Å². The van der Waals surface area contributed by atoms with Crippen molar-refractivity contribution in [1.29, 1.82) is 0 Å². The highest BCUT2D eigenvalue weighted by Gasteiger charge is 2.06. The summed E-state index contributed by atoms with van der Waals surface area (Å²) in [7, 11) is -3.23. The predicted octanol–water partition coefficient (Wildman–Crippen LogP) is 3.31. The van der Waals surface area contributed by atoms with Gasteiger partial charge in [-0.1, -0.05) is 24.3 Å². The van der Waals surface area contributed by atoms with E-state index in [1.54, 1.807) is 6.08 Å². The summed E-state index contributed by atoms with van der Waals surface area (Å²) in [5, 5.41) is 0. The molecule has 0 spiro atoms. The third-order valence-corrected chi connectivity index (χ3v) is 6.53. The van der Waals surface area contributed by atoms with Crippen molar-refractivity contribution in [2.24, 2.45) is 2.55 Å². The molecule has 0 aliphatic carbocycles. The molecular weight excluding hydrogens is 337 g/mol. The van der Waals surface area contributed by atoms with Crippen LogP contribution in [-0.4, -0.2) is 14.2 Å². The molecule has 0 heterocycles. The second-order valence-electron chi connectivity index (χ2n) is 3.17. The second-order valence-corrected chi connectivity index (χ2v) is 7.79. The number of halogens is 1. The lowest BCUT2D eigenvalue weighted by Crippen LogP contribution is -2.00. The van der Waals surface area contributed by atoms with Gasteiger partial charge < -0.3 is 0 Å². The van der Waals surface area contributed by atoms with Crippen LogP contribution in [0, 0.1) is 3.57 Å². The van der Waals surface area contributed by atoms with Crippen LogP contribution in [0.1, 0.15) is 12.8 Å². The van der Waals surface area contributed by atoms with Crippen molar-refractivity contribution in [1.82, 2.24) is 0 Å². The molecule has 0 amide bonds. The molecule has 1 aromatic carbocycles. The highest BCUT2D eigenvalue weighted by atomic mass is 127. The van der Waals surface area contributed by atoms with Crippen LogP contribution in [-0.2, 0) is 10.0 Å². The fraction of sp³-hybridized carbons (Fsp3) is 0.273. The van der Waals surface area contributed by atoms with Gasteiger partial charge in [-0.3, -0.25) is 0 Å². The third kappa shape index (κ3) is 5.50. The van der Waals surface area contributed by atoms with E-state index in [-0.39, 0.29) is 5.75 Å². The van der Waals surface area contributed by atoms with Gasteiger partial charge in [-0.05, 0) is 25.0 Å². The molecular formula is C11H14INO2S. The molecule has 0 aromatic heterocycles. The third-order valence-electron chi connectivity index (χ3n) is 1.78. The van der Waals surface area contributed by atoms with E-state index < -0.39 is 31.1 Å². The largest absolute Gasteiger partial charge is 0.257 e. The van der Waals surface area contributed by atoms with E-state index in [9.17, 15) is 8.42 Å². The van der Waals surface area contributed by atoms with E-state index in [1.807, 2.05) is 30.3 Å². The molecule has 0 fully saturated rings. The van der Waals surface area contributed by atoms with Gasteiger partial charge in [0, 0.05) is 24.6 Å². The second kappa shape index (κ2) is 6.90. The smallest absolute Gasteiger partial charge is 0.204 e. The predicted molar refractivity (Wildman–Crippen MR) is 74.8 cm³/mol. The van der Waals surface area contributed by atoms with E-state index >= 15 is 0 Å². The van der Waals surface area contributed by atoms with E-state index in [4.69, 9.17) is 0 Å². The topological polar surface area (TPSA) is 46.5 Å². The number of hydrogen-bond donors (Lipinski definition) is 0. The number of nitrogens with zero attached hydrogens (tertiary/aromatic N) is 1. The Labute approximate surface area is 107 Å². The molecule has 88 valence electrons. The van der Waals surface area contributed by atoms with Crippen molar-refractivity contribution in [3.63, 3.8) is 0 Å². The molecule has 1 aromatic rings. The Morgan fingerprint density at radius 1 is 1.31 bits per heavy atom. The molecule has 1 rings (SSSR count). The summed E-state index contributed by atoms with van der Waals surface area (Å²) in [4.78, 5) is 0. The molecule has 5 heteroatoms. The number of rotatable bonds is 6. The Morgan fingerprint density at radius 2 is 2.00 bits per heavy atom. The maximum atomic E-state index is 11.5. The number of benzene rings is 1. The number of unbranched alkanes of at least 4 members (excludes halogenated alkanes) is 1. The summed E-state index contributed by atoms with van der Waals surface area (Å²) in [5.74, 6) is 0.131. The summed E-state index contributed by atoms with van der Waals surface area (Å²) >= 11 is -0.774. The average Bonchev–Trinajstić information content (AvgIpc) is 2.28. The van der Waals surface area contributed by atoms with Crippen LogP contribution in [0.25, 0.3) is 0 Å². The normalized spacial score (nSPS) is 12.2. The van der Waals surface area contributed by atoms with Crippen molar-refractivity contribution < 1.29 is 8.42 Å². The first-order valence-electron chi connectivity index (χ1n) is 4.89. The zero-order valence-electron chi connectivity index (χ0n) is 8.84. The van der Waals surface area contributed by atoms with Crippen molar-refractivity contribution in [3.05, 3.63) is 46.6 Å². The van der Waals surface area contributed by atoms with Crippen LogP contribution in [0.4, 0.5) is 0 Å². The number of sulfonamides is 1. The minimum atomic E-state index is -3.23. The molecule has 0 saturated carbocycles. The highest BCUT2D eigenvalue weighted by Crippen LogP contribution is 2.16. The van der Waals surface area contributed by atoms with Gasteiger partial charge in [0.05, 0.1) is 5.75 Å².